The molecule has 0 N–H and O–H groups in total. The first kappa shape index (κ1) is 19.5. The van der Waals surface area contributed by atoms with E-state index in [2.05, 4.69) is 4.74 Å². The van der Waals surface area contributed by atoms with Gasteiger partial charge in [0.05, 0.1) is 24.7 Å². The van der Waals surface area contributed by atoms with E-state index < -0.39 is 17.7 Å². The van der Waals surface area contributed by atoms with E-state index in [9.17, 15) is 22.8 Å². The zero-order valence-electron chi connectivity index (χ0n) is 14.3. The van der Waals surface area contributed by atoms with Gasteiger partial charge in [-0.1, -0.05) is 30.3 Å². The number of hydrogen-bond acceptors (Lipinski definition) is 3. The zero-order chi connectivity index (χ0) is 19.3. The molecule has 0 spiro atoms. The van der Waals surface area contributed by atoms with Gasteiger partial charge in [0.25, 0.3) is 0 Å². The van der Waals surface area contributed by atoms with Crippen LogP contribution in [0.5, 0.6) is 0 Å². The maximum atomic E-state index is 12.7. The minimum atomic E-state index is -4.44. The van der Waals surface area contributed by atoms with E-state index in [1.54, 1.807) is 31.3 Å². The van der Waals surface area contributed by atoms with Crippen molar-refractivity contribution in [2.75, 3.05) is 14.2 Å². The van der Waals surface area contributed by atoms with E-state index in [0.717, 1.165) is 17.7 Å². The van der Waals surface area contributed by atoms with E-state index in [0.29, 0.717) is 11.1 Å². The third-order valence-electron chi connectivity index (χ3n) is 3.83. The van der Waals surface area contributed by atoms with Gasteiger partial charge < -0.3 is 9.64 Å². The summed E-state index contributed by atoms with van der Waals surface area (Å²) in [7, 11) is 2.86. The molecule has 0 fully saturated rings. The highest BCUT2D eigenvalue weighted by molar-refractivity contribution is 5.89. The normalized spacial score (nSPS) is 11.1. The van der Waals surface area contributed by atoms with Crippen molar-refractivity contribution in [3.05, 3.63) is 70.8 Å². The Morgan fingerprint density at radius 1 is 1.04 bits per heavy atom. The molecule has 26 heavy (non-hydrogen) atoms. The minimum Gasteiger partial charge on any atom is -0.465 e. The Bertz CT molecular complexity index is 785. The number of nitrogens with zero attached hydrogens (tertiary/aromatic N) is 1. The molecule has 0 radical (unpaired) electrons. The molecule has 0 aliphatic rings. The van der Waals surface area contributed by atoms with E-state index >= 15 is 0 Å². The van der Waals surface area contributed by atoms with Crippen molar-refractivity contribution in [1.82, 2.24) is 4.90 Å². The lowest BCUT2D eigenvalue weighted by atomic mass is 10.1. The summed E-state index contributed by atoms with van der Waals surface area (Å²) in [5, 5.41) is 0. The molecule has 1 amide bonds. The summed E-state index contributed by atoms with van der Waals surface area (Å²) in [6.07, 6.45) is -4.56. The van der Waals surface area contributed by atoms with Crippen molar-refractivity contribution in [1.29, 1.82) is 0 Å². The highest BCUT2D eigenvalue weighted by Gasteiger charge is 2.30. The molecule has 0 bridgehead atoms. The quantitative estimate of drug-likeness (QED) is 0.759. The predicted octanol–water partition coefficient (Wildman–Crippen LogP) is 3.69. The molecule has 0 saturated carbocycles. The van der Waals surface area contributed by atoms with Gasteiger partial charge in [0, 0.05) is 13.6 Å². The van der Waals surface area contributed by atoms with Gasteiger partial charge in [-0.3, -0.25) is 4.79 Å². The predicted molar refractivity (Wildman–Crippen MR) is 89.4 cm³/mol. The van der Waals surface area contributed by atoms with E-state index in [4.69, 9.17) is 0 Å². The molecule has 0 heterocycles. The molecule has 4 nitrogen and oxygen atoms in total. The molecule has 2 rings (SSSR count). The first-order valence-electron chi connectivity index (χ1n) is 7.78. The Balaban J connectivity index is 2.00. The van der Waals surface area contributed by atoms with Gasteiger partial charge in [-0.2, -0.15) is 13.2 Å². The highest BCUT2D eigenvalue weighted by Crippen LogP contribution is 2.29. The molecule has 0 unspecified atom stereocenters. The average Bonchev–Trinajstić information content (AvgIpc) is 2.61. The van der Waals surface area contributed by atoms with Crippen LogP contribution in [0, 0.1) is 0 Å². The lowest BCUT2D eigenvalue weighted by Gasteiger charge is -2.18. The van der Waals surface area contributed by atoms with Crippen LogP contribution in [0.15, 0.2) is 48.5 Å². The molecule has 2 aromatic carbocycles. The van der Waals surface area contributed by atoms with Crippen molar-refractivity contribution in [2.45, 2.75) is 19.1 Å². The smallest absolute Gasteiger partial charge is 0.416 e. The number of alkyl halides is 3. The van der Waals surface area contributed by atoms with Crippen molar-refractivity contribution in [3.63, 3.8) is 0 Å². The lowest BCUT2D eigenvalue weighted by Crippen LogP contribution is -2.27. The molecule has 7 heteroatoms. The fourth-order valence-corrected chi connectivity index (χ4v) is 2.39. The van der Waals surface area contributed by atoms with Crippen molar-refractivity contribution in [3.8, 4) is 0 Å². The third kappa shape index (κ3) is 5.08. The highest BCUT2D eigenvalue weighted by atomic mass is 19.4. The second kappa shape index (κ2) is 8.03. The van der Waals surface area contributed by atoms with Crippen LogP contribution < -0.4 is 0 Å². The van der Waals surface area contributed by atoms with Gasteiger partial charge in [-0.05, 0) is 29.3 Å². The van der Waals surface area contributed by atoms with Crippen LogP contribution in [0.3, 0.4) is 0 Å². The van der Waals surface area contributed by atoms with Crippen molar-refractivity contribution >= 4 is 11.9 Å². The third-order valence-corrected chi connectivity index (χ3v) is 3.83. The van der Waals surface area contributed by atoms with E-state index in [1.165, 1.54) is 24.1 Å². The summed E-state index contributed by atoms with van der Waals surface area (Å²) in [5.74, 6) is -0.758. The zero-order valence-corrected chi connectivity index (χ0v) is 14.3. The Kier molecular flexibility index (Phi) is 6.02. The van der Waals surface area contributed by atoms with Crippen LogP contribution in [-0.2, 0) is 28.7 Å². The fraction of sp³-hybridized carbons (Fsp3) is 0.263. The number of rotatable bonds is 5. The van der Waals surface area contributed by atoms with Crippen LogP contribution in [0.25, 0.3) is 0 Å². The lowest BCUT2D eigenvalue weighted by molar-refractivity contribution is -0.138. The number of benzene rings is 2. The summed E-state index contributed by atoms with van der Waals surface area (Å²) >= 11 is 0. The summed E-state index contributed by atoms with van der Waals surface area (Å²) in [5.41, 5.74) is 0.716. The largest absolute Gasteiger partial charge is 0.465 e. The van der Waals surface area contributed by atoms with Crippen molar-refractivity contribution < 1.29 is 27.5 Å². The monoisotopic (exact) mass is 365 g/mol. The van der Waals surface area contributed by atoms with Gasteiger partial charge >= 0.3 is 12.1 Å². The number of methoxy groups -OCH3 is 1. The van der Waals surface area contributed by atoms with Gasteiger partial charge in [0.2, 0.25) is 5.91 Å². The van der Waals surface area contributed by atoms with Gasteiger partial charge in [0.1, 0.15) is 0 Å². The molecule has 138 valence electrons. The standard InChI is InChI=1S/C19H18F3NO3/c1-23(12-13-6-8-15(9-7-13)18(25)26-2)17(24)11-14-4-3-5-16(10-14)19(20,21)22/h3-10H,11-12H2,1-2H3. The molecule has 0 aliphatic heterocycles. The average molecular weight is 365 g/mol. The van der Waals surface area contributed by atoms with Gasteiger partial charge in [-0.15, -0.1) is 0 Å². The second-order valence-electron chi connectivity index (χ2n) is 5.81. The van der Waals surface area contributed by atoms with Crippen LogP contribution in [0.2, 0.25) is 0 Å². The van der Waals surface area contributed by atoms with Crippen LogP contribution in [0.4, 0.5) is 13.2 Å². The molecular formula is C19H18F3NO3. The van der Waals surface area contributed by atoms with Crippen LogP contribution in [0.1, 0.15) is 27.0 Å². The van der Waals surface area contributed by atoms with Gasteiger partial charge in [0.15, 0.2) is 0 Å². The summed E-state index contributed by atoms with van der Waals surface area (Å²) < 4.78 is 42.8. The van der Waals surface area contributed by atoms with Crippen LogP contribution >= 0.6 is 0 Å². The first-order chi connectivity index (χ1) is 12.2. The Labute approximate surface area is 149 Å². The molecule has 0 saturated heterocycles. The topological polar surface area (TPSA) is 46.6 Å². The maximum Gasteiger partial charge on any atom is 0.416 e. The number of hydrogen-bond donors (Lipinski definition) is 0. The molecule has 0 aliphatic carbocycles. The summed E-state index contributed by atoms with van der Waals surface area (Å²) in [6.45, 7) is 0.277. The second-order valence-corrected chi connectivity index (χ2v) is 5.81. The molecule has 0 atom stereocenters. The number of esters is 1. The molecule has 2 aromatic rings. The van der Waals surface area contributed by atoms with Gasteiger partial charge in [-0.25, -0.2) is 4.79 Å². The number of ether oxygens (including phenoxy) is 1. The number of carbonyl (C=O) groups excluding carboxylic acids is 2. The number of amides is 1. The number of halogens is 3. The fourth-order valence-electron chi connectivity index (χ4n) is 2.39. The van der Waals surface area contributed by atoms with Crippen molar-refractivity contribution in [2.24, 2.45) is 0 Å². The molecular weight excluding hydrogens is 347 g/mol. The summed E-state index contributed by atoms with van der Waals surface area (Å²) in [4.78, 5) is 25.1. The summed E-state index contributed by atoms with van der Waals surface area (Å²) in [6, 6.07) is 11.3. The minimum absolute atomic E-state index is 0.124. The van der Waals surface area contributed by atoms with E-state index in [-0.39, 0.29) is 18.9 Å². The SMILES string of the molecule is COC(=O)c1ccc(CN(C)C(=O)Cc2cccc(C(F)(F)F)c2)cc1. The van der Waals surface area contributed by atoms with E-state index in [1.807, 2.05) is 0 Å². The molecule has 0 aromatic heterocycles. The first-order valence-corrected chi connectivity index (χ1v) is 7.78. The Morgan fingerprint density at radius 2 is 1.69 bits per heavy atom. The Hall–Kier alpha value is -2.83. The number of carbonyl (C=O) groups is 2. The van der Waals surface area contributed by atoms with Crippen LogP contribution in [-0.4, -0.2) is 30.9 Å². The number of likely N-dealkylation sites (N-methyl/N-ethyl adjacent to an activating group) is 1. The maximum absolute atomic E-state index is 12.7. The Morgan fingerprint density at radius 3 is 2.27 bits per heavy atom.